The second kappa shape index (κ2) is 6.26. The van der Waals surface area contributed by atoms with E-state index in [0.29, 0.717) is 6.54 Å². The molecule has 1 atom stereocenters. The van der Waals surface area contributed by atoms with Crippen molar-refractivity contribution in [2.24, 2.45) is 16.6 Å². The Morgan fingerprint density at radius 3 is 2.05 bits per heavy atom. The van der Waals surface area contributed by atoms with E-state index < -0.39 is 0 Å². The number of hydrogen-bond acceptors (Lipinski definition) is 2. The molecule has 0 spiro atoms. The van der Waals surface area contributed by atoms with Gasteiger partial charge in [-0.15, -0.1) is 0 Å². The highest BCUT2D eigenvalue weighted by molar-refractivity contribution is 5.39. The average molecular weight is 293 g/mol. The summed E-state index contributed by atoms with van der Waals surface area (Å²) in [5.41, 5.74) is 8.67. The van der Waals surface area contributed by atoms with Crippen molar-refractivity contribution in [1.82, 2.24) is 0 Å². The van der Waals surface area contributed by atoms with Crippen LogP contribution in [0.5, 0.6) is 0 Å². The zero-order valence-electron chi connectivity index (χ0n) is 15.3. The molecular formula is C19H35NO. The molecule has 2 heteroatoms. The number of allylic oxidation sites excluding steroid dienone is 2. The molecule has 0 bridgehead atoms. The molecule has 0 saturated heterocycles. The summed E-state index contributed by atoms with van der Waals surface area (Å²) in [6, 6.07) is 0. The lowest BCUT2D eigenvalue weighted by molar-refractivity contribution is -0.0645. The molecule has 2 nitrogen and oxygen atoms in total. The monoisotopic (exact) mass is 293 g/mol. The largest absolute Gasteiger partial charge is 0.368 e. The van der Waals surface area contributed by atoms with Gasteiger partial charge in [-0.2, -0.15) is 0 Å². The molecule has 1 rings (SSSR count). The first-order chi connectivity index (χ1) is 9.38. The fourth-order valence-corrected chi connectivity index (χ4v) is 3.13. The molecule has 0 aliphatic heterocycles. The molecule has 0 aromatic heterocycles. The van der Waals surface area contributed by atoms with Gasteiger partial charge in [0.25, 0.3) is 0 Å². The first kappa shape index (κ1) is 18.4. The Balaban J connectivity index is 3.22. The molecule has 0 radical (unpaired) electrons. The van der Waals surface area contributed by atoms with Crippen molar-refractivity contribution in [2.45, 2.75) is 79.9 Å². The average Bonchev–Trinajstić information content (AvgIpc) is 2.24. The quantitative estimate of drug-likeness (QED) is 0.804. The summed E-state index contributed by atoms with van der Waals surface area (Å²) >= 11 is 0. The van der Waals surface area contributed by atoms with Crippen molar-refractivity contribution >= 4 is 0 Å². The van der Waals surface area contributed by atoms with Crippen LogP contribution in [0.25, 0.3) is 0 Å². The minimum atomic E-state index is -0.176. The number of rotatable bonds is 4. The normalized spacial score (nSPS) is 21.1. The molecule has 21 heavy (non-hydrogen) atoms. The van der Waals surface area contributed by atoms with Gasteiger partial charge in [0.1, 0.15) is 0 Å². The highest BCUT2D eigenvalue weighted by Gasteiger charge is 2.36. The van der Waals surface area contributed by atoms with E-state index in [0.717, 1.165) is 12.8 Å². The number of nitrogens with two attached hydrogens (primary N) is 1. The minimum absolute atomic E-state index is 0.108. The molecule has 1 aliphatic rings. The van der Waals surface area contributed by atoms with Gasteiger partial charge in [0.15, 0.2) is 0 Å². The van der Waals surface area contributed by atoms with Crippen molar-refractivity contribution in [3.63, 3.8) is 0 Å². The van der Waals surface area contributed by atoms with E-state index in [4.69, 9.17) is 10.5 Å². The van der Waals surface area contributed by atoms with E-state index in [2.05, 4.69) is 67.5 Å². The maximum absolute atomic E-state index is 6.49. The predicted molar refractivity (Wildman–Crippen MR) is 92.3 cm³/mol. The molecule has 0 saturated carbocycles. The Hall–Kier alpha value is -0.600. The SMILES string of the molecule is CC(C)(CCN)OC1CC=CC(C(C)(C)C)=C1C(C)(C)C. The second-order valence-corrected chi connectivity index (χ2v) is 8.87. The zero-order chi connectivity index (χ0) is 16.5. The van der Waals surface area contributed by atoms with E-state index in [1.807, 2.05) is 0 Å². The Labute approximate surface area is 131 Å². The van der Waals surface area contributed by atoms with Crippen LogP contribution in [0.3, 0.4) is 0 Å². The second-order valence-electron chi connectivity index (χ2n) is 8.87. The molecular weight excluding hydrogens is 258 g/mol. The van der Waals surface area contributed by atoms with Crippen LogP contribution in [-0.4, -0.2) is 18.2 Å². The van der Waals surface area contributed by atoms with Gasteiger partial charge in [-0.25, -0.2) is 0 Å². The van der Waals surface area contributed by atoms with Gasteiger partial charge in [0.05, 0.1) is 11.7 Å². The molecule has 0 heterocycles. The predicted octanol–water partition coefficient (Wildman–Crippen LogP) is 4.85. The van der Waals surface area contributed by atoms with Crippen LogP contribution in [0.1, 0.15) is 68.2 Å². The third-order valence-electron chi connectivity index (χ3n) is 4.07. The van der Waals surface area contributed by atoms with E-state index >= 15 is 0 Å². The topological polar surface area (TPSA) is 35.2 Å². The van der Waals surface area contributed by atoms with Gasteiger partial charge in [0, 0.05) is 0 Å². The Morgan fingerprint density at radius 1 is 1.05 bits per heavy atom. The fraction of sp³-hybridized carbons (Fsp3) is 0.789. The first-order valence-electron chi connectivity index (χ1n) is 8.18. The number of hydrogen-bond donors (Lipinski definition) is 1. The minimum Gasteiger partial charge on any atom is -0.368 e. The summed E-state index contributed by atoms with van der Waals surface area (Å²) in [6.45, 7) is 18.7. The Kier molecular flexibility index (Phi) is 5.50. The van der Waals surface area contributed by atoms with E-state index in [1.165, 1.54) is 11.1 Å². The smallest absolute Gasteiger partial charge is 0.0837 e. The van der Waals surface area contributed by atoms with Crippen LogP contribution in [0.15, 0.2) is 23.3 Å². The van der Waals surface area contributed by atoms with Crippen LogP contribution < -0.4 is 5.73 Å². The Morgan fingerprint density at radius 2 is 1.62 bits per heavy atom. The van der Waals surface area contributed by atoms with Crippen LogP contribution in [0.2, 0.25) is 0 Å². The summed E-state index contributed by atoms with van der Waals surface area (Å²) < 4.78 is 6.49. The van der Waals surface area contributed by atoms with Crippen molar-refractivity contribution < 1.29 is 4.74 Å². The zero-order valence-corrected chi connectivity index (χ0v) is 15.3. The highest BCUT2D eigenvalue weighted by atomic mass is 16.5. The maximum atomic E-state index is 6.49. The molecule has 0 aromatic rings. The van der Waals surface area contributed by atoms with Crippen molar-refractivity contribution in [2.75, 3.05) is 6.54 Å². The third kappa shape index (κ3) is 4.96. The lowest BCUT2D eigenvalue weighted by Crippen LogP contribution is -2.38. The lowest BCUT2D eigenvalue weighted by Gasteiger charge is -2.41. The summed E-state index contributed by atoms with van der Waals surface area (Å²) in [7, 11) is 0. The van der Waals surface area contributed by atoms with Crippen LogP contribution in [0, 0.1) is 10.8 Å². The van der Waals surface area contributed by atoms with Gasteiger partial charge in [0.2, 0.25) is 0 Å². The van der Waals surface area contributed by atoms with Gasteiger partial charge in [-0.1, -0.05) is 53.7 Å². The highest BCUT2D eigenvalue weighted by Crippen LogP contribution is 2.43. The van der Waals surface area contributed by atoms with Crippen LogP contribution in [0.4, 0.5) is 0 Å². The van der Waals surface area contributed by atoms with E-state index in [-0.39, 0.29) is 22.5 Å². The van der Waals surface area contributed by atoms with Gasteiger partial charge in [-0.3, -0.25) is 0 Å². The standard InChI is InChI=1S/C19H35NO/c1-17(2,3)14-10-9-11-15(16(14)18(4,5)6)21-19(7,8)12-13-20/h9-10,15H,11-13,20H2,1-8H3. The maximum Gasteiger partial charge on any atom is 0.0837 e. The third-order valence-corrected chi connectivity index (χ3v) is 4.07. The van der Waals surface area contributed by atoms with Crippen LogP contribution in [-0.2, 0) is 4.74 Å². The summed E-state index contributed by atoms with van der Waals surface area (Å²) in [5, 5.41) is 0. The van der Waals surface area contributed by atoms with Gasteiger partial charge < -0.3 is 10.5 Å². The summed E-state index contributed by atoms with van der Waals surface area (Å²) in [5.74, 6) is 0. The van der Waals surface area contributed by atoms with Crippen molar-refractivity contribution in [3.8, 4) is 0 Å². The molecule has 1 unspecified atom stereocenters. The van der Waals surface area contributed by atoms with E-state index in [9.17, 15) is 0 Å². The molecule has 122 valence electrons. The number of ether oxygens (including phenoxy) is 1. The molecule has 0 aromatic carbocycles. The summed E-state index contributed by atoms with van der Waals surface area (Å²) in [6.07, 6.45) is 6.57. The van der Waals surface area contributed by atoms with Gasteiger partial charge in [-0.05, 0) is 55.2 Å². The lowest BCUT2D eigenvalue weighted by atomic mass is 9.70. The van der Waals surface area contributed by atoms with E-state index in [1.54, 1.807) is 0 Å². The fourth-order valence-electron chi connectivity index (χ4n) is 3.13. The first-order valence-corrected chi connectivity index (χ1v) is 8.18. The molecule has 2 N–H and O–H groups in total. The Bertz CT molecular complexity index is 416. The molecule has 0 amide bonds. The van der Waals surface area contributed by atoms with Crippen molar-refractivity contribution in [1.29, 1.82) is 0 Å². The molecule has 0 fully saturated rings. The molecule has 1 aliphatic carbocycles. The van der Waals surface area contributed by atoms with Crippen LogP contribution >= 0.6 is 0 Å². The van der Waals surface area contributed by atoms with Crippen molar-refractivity contribution in [3.05, 3.63) is 23.3 Å². The van der Waals surface area contributed by atoms with Gasteiger partial charge >= 0.3 is 0 Å². The summed E-state index contributed by atoms with van der Waals surface area (Å²) in [4.78, 5) is 0.